The maximum absolute atomic E-state index is 11.0. The predicted molar refractivity (Wildman–Crippen MR) is 57.0 cm³/mol. The Balaban J connectivity index is 3.14. The topological polar surface area (TPSA) is 101 Å². The number of carboxylic acids is 1. The van der Waals surface area contributed by atoms with Crippen LogP contribution in [0.15, 0.2) is 24.3 Å². The van der Waals surface area contributed by atoms with Gasteiger partial charge < -0.3 is 15.9 Å². The smallest absolute Gasteiger partial charge is 0.330 e. The van der Waals surface area contributed by atoms with E-state index in [0.717, 1.165) is 0 Å². The lowest BCUT2D eigenvalue weighted by atomic mass is 9.91. The van der Waals surface area contributed by atoms with E-state index in [-0.39, 0.29) is 11.3 Å². The van der Waals surface area contributed by atoms with Gasteiger partial charge in [0.2, 0.25) is 0 Å². The number of aliphatic hydroxyl groups is 1. The molecule has 1 aromatic carbocycles. The molecule has 0 spiro atoms. The molecule has 16 heavy (non-hydrogen) atoms. The molecular formula is C11H13NO4. The third-order valence-corrected chi connectivity index (χ3v) is 2.44. The SMILES string of the molecule is CC(=O)c1ccc(C(N)(CO)C(=O)O)cc1. The Bertz CT molecular complexity index is 412. The molecule has 1 rings (SSSR count). The van der Waals surface area contributed by atoms with Crippen molar-refractivity contribution in [1.29, 1.82) is 0 Å². The summed E-state index contributed by atoms with van der Waals surface area (Å²) >= 11 is 0. The van der Waals surface area contributed by atoms with Crippen molar-refractivity contribution in [2.75, 3.05) is 6.61 Å². The number of Topliss-reactive ketones (excluding diaryl/α,β-unsaturated/α-hetero) is 1. The largest absolute Gasteiger partial charge is 0.480 e. The van der Waals surface area contributed by atoms with E-state index in [2.05, 4.69) is 0 Å². The molecular weight excluding hydrogens is 210 g/mol. The molecule has 0 aliphatic carbocycles. The van der Waals surface area contributed by atoms with E-state index in [4.69, 9.17) is 15.9 Å². The van der Waals surface area contributed by atoms with E-state index >= 15 is 0 Å². The standard InChI is InChI=1S/C11H13NO4/c1-7(14)8-2-4-9(5-3-8)11(12,6-13)10(15)16/h2-5,13H,6,12H2,1H3,(H,15,16). The van der Waals surface area contributed by atoms with Gasteiger partial charge >= 0.3 is 5.97 Å². The van der Waals surface area contributed by atoms with Gasteiger partial charge in [-0.25, -0.2) is 4.79 Å². The summed E-state index contributed by atoms with van der Waals surface area (Å²) in [6.45, 7) is 0.704. The second-order valence-corrected chi connectivity index (χ2v) is 3.57. The van der Waals surface area contributed by atoms with Crippen LogP contribution >= 0.6 is 0 Å². The highest BCUT2D eigenvalue weighted by Gasteiger charge is 2.35. The highest BCUT2D eigenvalue weighted by atomic mass is 16.4. The van der Waals surface area contributed by atoms with Gasteiger partial charge in [-0.15, -0.1) is 0 Å². The molecule has 0 aliphatic rings. The van der Waals surface area contributed by atoms with Crippen LogP contribution in [0, 0.1) is 0 Å². The fourth-order valence-corrected chi connectivity index (χ4v) is 1.28. The molecule has 0 aromatic heterocycles. The van der Waals surface area contributed by atoms with Crippen LogP contribution in [0.25, 0.3) is 0 Å². The molecule has 0 saturated heterocycles. The van der Waals surface area contributed by atoms with Crippen LogP contribution in [0.2, 0.25) is 0 Å². The van der Waals surface area contributed by atoms with Crippen molar-refractivity contribution >= 4 is 11.8 Å². The van der Waals surface area contributed by atoms with Crippen molar-refractivity contribution in [1.82, 2.24) is 0 Å². The van der Waals surface area contributed by atoms with Crippen LogP contribution in [0.3, 0.4) is 0 Å². The summed E-state index contributed by atoms with van der Waals surface area (Å²) in [6, 6.07) is 5.83. The maximum Gasteiger partial charge on any atom is 0.330 e. The van der Waals surface area contributed by atoms with Crippen LogP contribution < -0.4 is 5.73 Å². The molecule has 4 N–H and O–H groups in total. The first kappa shape index (κ1) is 12.4. The van der Waals surface area contributed by atoms with E-state index < -0.39 is 18.1 Å². The average molecular weight is 223 g/mol. The molecule has 0 fully saturated rings. The lowest BCUT2D eigenvalue weighted by molar-refractivity contribution is -0.145. The first-order valence-electron chi connectivity index (χ1n) is 4.66. The number of carbonyl (C=O) groups excluding carboxylic acids is 1. The molecule has 0 saturated carbocycles. The van der Waals surface area contributed by atoms with Gasteiger partial charge in [0, 0.05) is 5.56 Å². The van der Waals surface area contributed by atoms with E-state index in [0.29, 0.717) is 5.56 Å². The van der Waals surface area contributed by atoms with Gasteiger partial charge in [-0.1, -0.05) is 24.3 Å². The van der Waals surface area contributed by atoms with Crippen molar-refractivity contribution in [3.63, 3.8) is 0 Å². The molecule has 1 aromatic rings. The van der Waals surface area contributed by atoms with Gasteiger partial charge in [0.25, 0.3) is 0 Å². The third kappa shape index (κ3) is 2.10. The van der Waals surface area contributed by atoms with Crippen molar-refractivity contribution in [2.24, 2.45) is 5.73 Å². The quantitative estimate of drug-likeness (QED) is 0.629. The summed E-state index contributed by atoms with van der Waals surface area (Å²) in [5.41, 5.74) is 4.45. The van der Waals surface area contributed by atoms with Crippen molar-refractivity contribution < 1.29 is 19.8 Å². The van der Waals surface area contributed by atoms with Crippen LogP contribution in [-0.4, -0.2) is 28.6 Å². The number of aliphatic hydroxyl groups excluding tert-OH is 1. The zero-order chi connectivity index (χ0) is 12.3. The number of aliphatic carboxylic acids is 1. The zero-order valence-electron chi connectivity index (χ0n) is 8.80. The van der Waals surface area contributed by atoms with Gasteiger partial charge in [0.1, 0.15) is 0 Å². The van der Waals surface area contributed by atoms with Gasteiger partial charge in [0.15, 0.2) is 11.3 Å². The Morgan fingerprint density at radius 3 is 2.12 bits per heavy atom. The summed E-state index contributed by atoms with van der Waals surface area (Å²) < 4.78 is 0. The molecule has 5 heteroatoms. The number of carbonyl (C=O) groups is 2. The number of carboxylic acid groups (broad SMARTS) is 1. The Kier molecular flexibility index (Phi) is 3.41. The number of hydrogen-bond acceptors (Lipinski definition) is 4. The minimum Gasteiger partial charge on any atom is -0.480 e. The van der Waals surface area contributed by atoms with E-state index in [1.807, 2.05) is 0 Å². The van der Waals surface area contributed by atoms with Gasteiger partial charge in [-0.3, -0.25) is 4.79 Å². The Labute approximate surface area is 92.5 Å². The predicted octanol–water partition coefficient (Wildman–Crippen LogP) is 0.120. The van der Waals surface area contributed by atoms with E-state index in [1.165, 1.54) is 31.2 Å². The van der Waals surface area contributed by atoms with E-state index in [9.17, 15) is 9.59 Å². The minimum atomic E-state index is -1.82. The van der Waals surface area contributed by atoms with Crippen molar-refractivity contribution in [3.8, 4) is 0 Å². The second-order valence-electron chi connectivity index (χ2n) is 3.57. The summed E-state index contributed by atoms with van der Waals surface area (Å²) in [4.78, 5) is 21.9. The number of nitrogens with two attached hydrogens (primary N) is 1. The molecule has 0 aliphatic heterocycles. The average Bonchev–Trinajstić information content (AvgIpc) is 2.27. The van der Waals surface area contributed by atoms with Crippen LogP contribution in [0.1, 0.15) is 22.8 Å². The zero-order valence-corrected chi connectivity index (χ0v) is 8.80. The molecule has 0 bridgehead atoms. The summed E-state index contributed by atoms with van der Waals surface area (Å²) in [6.07, 6.45) is 0. The van der Waals surface area contributed by atoms with Crippen molar-refractivity contribution in [2.45, 2.75) is 12.5 Å². The Morgan fingerprint density at radius 1 is 1.31 bits per heavy atom. The number of rotatable bonds is 4. The molecule has 0 radical (unpaired) electrons. The van der Waals surface area contributed by atoms with Gasteiger partial charge in [0.05, 0.1) is 6.61 Å². The monoisotopic (exact) mass is 223 g/mol. The Morgan fingerprint density at radius 2 is 1.81 bits per heavy atom. The number of benzene rings is 1. The second kappa shape index (κ2) is 4.42. The normalized spacial score (nSPS) is 14.2. The first-order valence-corrected chi connectivity index (χ1v) is 4.66. The molecule has 5 nitrogen and oxygen atoms in total. The lowest BCUT2D eigenvalue weighted by Crippen LogP contribution is -2.48. The molecule has 1 unspecified atom stereocenters. The molecule has 0 heterocycles. The van der Waals surface area contributed by atoms with Gasteiger partial charge in [-0.2, -0.15) is 0 Å². The Hall–Kier alpha value is -1.72. The van der Waals surface area contributed by atoms with Gasteiger partial charge in [-0.05, 0) is 12.5 Å². The van der Waals surface area contributed by atoms with Crippen molar-refractivity contribution in [3.05, 3.63) is 35.4 Å². The minimum absolute atomic E-state index is 0.117. The van der Waals surface area contributed by atoms with Crippen LogP contribution in [0.5, 0.6) is 0 Å². The molecule has 0 amide bonds. The number of hydrogen-bond donors (Lipinski definition) is 3. The fraction of sp³-hybridized carbons (Fsp3) is 0.273. The first-order chi connectivity index (χ1) is 7.41. The summed E-state index contributed by atoms with van der Waals surface area (Å²) in [7, 11) is 0. The summed E-state index contributed by atoms with van der Waals surface area (Å²) in [5, 5.41) is 17.9. The maximum atomic E-state index is 11.0. The van der Waals surface area contributed by atoms with Crippen LogP contribution in [-0.2, 0) is 10.3 Å². The molecule has 86 valence electrons. The fourth-order valence-electron chi connectivity index (χ4n) is 1.28. The number of ketones is 1. The summed E-state index contributed by atoms with van der Waals surface area (Å²) in [5.74, 6) is -1.43. The highest BCUT2D eigenvalue weighted by Crippen LogP contribution is 2.19. The van der Waals surface area contributed by atoms with E-state index in [1.54, 1.807) is 0 Å². The lowest BCUT2D eigenvalue weighted by Gasteiger charge is -2.22. The third-order valence-electron chi connectivity index (χ3n) is 2.44. The van der Waals surface area contributed by atoms with Crippen LogP contribution in [0.4, 0.5) is 0 Å². The highest BCUT2D eigenvalue weighted by molar-refractivity contribution is 5.94. The molecule has 1 atom stereocenters.